The van der Waals surface area contributed by atoms with Crippen LogP contribution < -0.4 is 0 Å². The number of carbonyl (C=O) groups is 2. The summed E-state index contributed by atoms with van der Waals surface area (Å²) in [5.41, 5.74) is 1.51. The second kappa shape index (κ2) is 5.33. The van der Waals surface area contributed by atoms with Crippen LogP contribution in [0.25, 0.3) is 0 Å². The van der Waals surface area contributed by atoms with Gasteiger partial charge in [-0.2, -0.15) is 0 Å². The van der Waals surface area contributed by atoms with Crippen molar-refractivity contribution in [2.75, 3.05) is 0 Å². The molecule has 24 heavy (non-hydrogen) atoms. The SMILES string of the molecule is C[C@H]1C[C@H]2[C@@H]3CC[C@H](C(=O)S)[C@@]3(C)CC[C@@H]2[C@@]2(C)C=CC(=O)C=C12. The van der Waals surface area contributed by atoms with Gasteiger partial charge in [0.25, 0.3) is 0 Å². The Hall–Kier alpha value is -0.830. The van der Waals surface area contributed by atoms with E-state index in [0.717, 1.165) is 19.3 Å². The van der Waals surface area contributed by atoms with Gasteiger partial charge in [0.1, 0.15) is 0 Å². The van der Waals surface area contributed by atoms with E-state index in [1.54, 1.807) is 6.08 Å². The Morgan fingerprint density at radius 2 is 1.96 bits per heavy atom. The molecule has 2 nitrogen and oxygen atoms in total. The summed E-state index contributed by atoms with van der Waals surface area (Å²) in [6.07, 6.45) is 11.5. The number of ketones is 1. The van der Waals surface area contributed by atoms with E-state index in [4.69, 9.17) is 0 Å². The third-order valence-corrected chi connectivity index (χ3v) is 8.49. The average molecular weight is 345 g/mol. The highest BCUT2D eigenvalue weighted by molar-refractivity contribution is 7.96. The van der Waals surface area contributed by atoms with E-state index in [9.17, 15) is 9.59 Å². The van der Waals surface area contributed by atoms with Gasteiger partial charge in [0.15, 0.2) is 10.9 Å². The molecular weight excluding hydrogens is 316 g/mol. The van der Waals surface area contributed by atoms with Gasteiger partial charge < -0.3 is 0 Å². The third kappa shape index (κ3) is 2.09. The van der Waals surface area contributed by atoms with Crippen molar-refractivity contribution < 1.29 is 9.59 Å². The molecule has 0 radical (unpaired) electrons. The molecule has 0 heterocycles. The van der Waals surface area contributed by atoms with Crippen LogP contribution in [0.15, 0.2) is 23.8 Å². The van der Waals surface area contributed by atoms with E-state index < -0.39 is 0 Å². The molecule has 0 aromatic heterocycles. The molecule has 3 heteroatoms. The molecule has 130 valence electrons. The van der Waals surface area contributed by atoms with Gasteiger partial charge in [-0.25, -0.2) is 0 Å². The van der Waals surface area contributed by atoms with Crippen molar-refractivity contribution in [2.45, 2.75) is 52.9 Å². The topological polar surface area (TPSA) is 34.1 Å². The van der Waals surface area contributed by atoms with Crippen LogP contribution in [-0.2, 0) is 9.59 Å². The summed E-state index contributed by atoms with van der Waals surface area (Å²) in [7, 11) is 0. The fourth-order valence-electron chi connectivity index (χ4n) is 7.02. The van der Waals surface area contributed by atoms with Crippen molar-refractivity contribution in [1.82, 2.24) is 0 Å². The minimum Gasteiger partial charge on any atom is -0.290 e. The molecule has 0 spiro atoms. The Balaban J connectivity index is 1.72. The van der Waals surface area contributed by atoms with Gasteiger partial charge in [-0.05, 0) is 73.3 Å². The fraction of sp³-hybridized carbons (Fsp3) is 0.714. The molecule has 4 aliphatic rings. The van der Waals surface area contributed by atoms with Crippen molar-refractivity contribution in [2.24, 2.45) is 40.4 Å². The van der Waals surface area contributed by atoms with Crippen LogP contribution in [0.1, 0.15) is 52.9 Å². The number of allylic oxidation sites excluding steroid dienone is 4. The van der Waals surface area contributed by atoms with Crippen molar-refractivity contribution in [3.05, 3.63) is 23.8 Å². The van der Waals surface area contributed by atoms with E-state index in [1.807, 2.05) is 6.08 Å². The molecule has 0 aliphatic heterocycles. The molecule has 0 saturated heterocycles. The highest BCUT2D eigenvalue weighted by atomic mass is 32.1. The normalized spacial score (nSPS) is 49.9. The van der Waals surface area contributed by atoms with E-state index >= 15 is 0 Å². The monoisotopic (exact) mass is 344 g/mol. The average Bonchev–Trinajstić information content (AvgIpc) is 2.87. The van der Waals surface area contributed by atoms with Gasteiger partial charge in [0.2, 0.25) is 0 Å². The highest BCUT2D eigenvalue weighted by Gasteiger charge is 2.60. The third-order valence-electron chi connectivity index (χ3n) is 8.18. The first-order chi connectivity index (χ1) is 11.3. The van der Waals surface area contributed by atoms with Crippen LogP contribution in [0.4, 0.5) is 0 Å². The van der Waals surface area contributed by atoms with E-state index in [1.165, 1.54) is 18.4 Å². The predicted molar refractivity (Wildman–Crippen MR) is 98.6 cm³/mol. The molecular formula is C21H28O2S. The van der Waals surface area contributed by atoms with Gasteiger partial charge in [0, 0.05) is 11.3 Å². The molecule has 0 aromatic rings. The lowest BCUT2D eigenvalue weighted by Gasteiger charge is -2.58. The largest absolute Gasteiger partial charge is 0.290 e. The summed E-state index contributed by atoms with van der Waals surface area (Å²) in [5, 5.41) is 0.0947. The number of hydrogen-bond donors (Lipinski definition) is 1. The second-order valence-electron chi connectivity index (χ2n) is 9.14. The molecule has 0 amide bonds. The first-order valence-corrected chi connectivity index (χ1v) is 9.90. The molecule has 0 N–H and O–H groups in total. The van der Waals surface area contributed by atoms with Crippen LogP contribution in [0, 0.1) is 40.4 Å². The zero-order valence-corrected chi connectivity index (χ0v) is 15.8. The summed E-state index contributed by atoms with van der Waals surface area (Å²) < 4.78 is 0. The Morgan fingerprint density at radius 1 is 1.21 bits per heavy atom. The Labute approximate surface area is 150 Å². The number of carbonyl (C=O) groups excluding carboxylic acids is 2. The summed E-state index contributed by atoms with van der Waals surface area (Å²) in [4.78, 5) is 24.0. The Bertz CT molecular complexity index is 663. The summed E-state index contributed by atoms with van der Waals surface area (Å²) in [6.45, 7) is 6.97. The maximum atomic E-state index is 12.1. The molecule has 0 unspecified atom stereocenters. The Morgan fingerprint density at radius 3 is 2.67 bits per heavy atom. The maximum absolute atomic E-state index is 12.1. The molecule has 3 saturated carbocycles. The van der Waals surface area contributed by atoms with Crippen molar-refractivity contribution in [1.29, 1.82) is 0 Å². The van der Waals surface area contributed by atoms with Crippen molar-refractivity contribution >= 4 is 23.5 Å². The quantitative estimate of drug-likeness (QED) is 0.705. The lowest BCUT2D eigenvalue weighted by atomic mass is 9.46. The van der Waals surface area contributed by atoms with Crippen LogP contribution in [0.5, 0.6) is 0 Å². The number of thiol groups is 1. The van der Waals surface area contributed by atoms with Gasteiger partial charge in [0.05, 0.1) is 0 Å². The first-order valence-electron chi connectivity index (χ1n) is 9.45. The van der Waals surface area contributed by atoms with Crippen molar-refractivity contribution in [3.8, 4) is 0 Å². The Kier molecular flexibility index (Phi) is 3.69. The van der Waals surface area contributed by atoms with E-state index in [-0.39, 0.29) is 27.6 Å². The van der Waals surface area contributed by atoms with Gasteiger partial charge in [-0.3, -0.25) is 9.59 Å². The molecule has 0 bridgehead atoms. The zero-order valence-electron chi connectivity index (χ0n) is 14.9. The lowest BCUT2D eigenvalue weighted by Crippen LogP contribution is -2.51. The van der Waals surface area contributed by atoms with Gasteiger partial charge in [-0.15, -0.1) is 12.6 Å². The van der Waals surface area contributed by atoms with Crippen molar-refractivity contribution in [3.63, 3.8) is 0 Å². The van der Waals surface area contributed by atoms with Crippen LogP contribution in [0.2, 0.25) is 0 Å². The minimum absolute atomic E-state index is 0.0284. The molecule has 4 aliphatic carbocycles. The molecule has 7 atom stereocenters. The smallest absolute Gasteiger partial charge is 0.189 e. The molecule has 0 aromatic carbocycles. The summed E-state index contributed by atoms with van der Waals surface area (Å²) in [6, 6.07) is 0. The lowest BCUT2D eigenvalue weighted by molar-refractivity contribution is -0.121. The number of fused-ring (bicyclic) bond motifs is 5. The van der Waals surface area contributed by atoms with Gasteiger partial charge >= 0.3 is 0 Å². The molecule has 3 fully saturated rings. The summed E-state index contributed by atoms with van der Waals surface area (Å²) in [5.74, 6) is 2.64. The van der Waals surface area contributed by atoms with Crippen LogP contribution in [0.3, 0.4) is 0 Å². The zero-order chi connectivity index (χ0) is 17.3. The predicted octanol–water partition coefficient (Wildman–Crippen LogP) is 4.61. The first kappa shape index (κ1) is 16.6. The highest BCUT2D eigenvalue weighted by Crippen LogP contribution is 2.66. The summed E-state index contributed by atoms with van der Waals surface area (Å²) >= 11 is 4.20. The minimum atomic E-state index is 0.0284. The molecule has 4 rings (SSSR count). The standard InChI is InChI=1S/C21H28O2S/c1-12-10-14-15-4-5-17(19(23)24)20(15,2)9-7-16(14)21(3)8-6-13(22)11-18(12)21/h6,8,11-12,14-17H,4-5,7,9-10H2,1-3H3,(H,23,24)/t12-,14-,15-,16-,17+,20-,21+/m0/s1. The van der Waals surface area contributed by atoms with Crippen LogP contribution >= 0.6 is 12.6 Å². The second-order valence-corrected chi connectivity index (χ2v) is 9.59. The maximum Gasteiger partial charge on any atom is 0.189 e. The fourth-order valence-corrected chi connectivity index (χ4v) is 7.44. The number of hydrogen-bond acceptors (Lipinski definition) is 2. The van der Waals surface area contributed by atoms with E-state index in [0.29, 0.717) is 23.7 Å². The van der Waals surface area contributed by atoms with Crippen LogP contribution in [-0.4, -0.2) is 10.9 Å². The number of rotatable bonds is 1. The van der Waals surface area contributed by atoms with E-state index in [2.05, 4.69) is 39.5 Å². The van der Waals surface area contributed by atoms with Gasteiger partial charge in [-0.1, -0.05) is 32.4 Å².